The van der Waals surface area contributed by atoms with Gasteiger partial charge in [-0.05, 0) is 30.8 Å². The van der Waals surface area contributed by atoms with E-state index in [2.05, 4.69) is 23.6 Å². The number of thiophene rings is 1. The van der Waals surface area contributed by atoms with Crippen LogP contribution < -0.4 is 10.6 Å². The molecule has 0 aromatic carbocycles. The van der Waals surface area contributed by atoms with Gasteiger partial charge in [-0.2, -0.15) is 0 Å². The summed E-state index contributed by atoms with van der Waals surface area (Å²) in [5, 5.41) is 5.94. The van der Waals surface area contributed by atoms with E-state index in [1.165, 1.54) is 4.88 Å². The van der Waals surface area contributed by atoms with Gasteiger partial charge in [-0.25, -0.2) is 0 Å². The van der Waals surface area contributed by atoms with Crippen LogP contribution in [0.2, 0.25) is 0 Å². The molecule has 1 aliphatic heterocycles. The van der Waals surface area contributed by atoms with Crippen LogP contribution in [-0.2, 0) is 11.2 Å². The molecule has 0 aliphatic carbocycles. The molecule has 1 aliphatic rings. The second-order valence-electron chi connectivity index (χ2n) is 3.05. The van der Waals surface area contributed by atoms with Crippen LogP contribution in [-0.4, -0.2) is 11.0 Å². The number of nitrogens with one attached hydrogen (secondary N) is 2. The Morgan fingerprint density at radius 1 is 1.57 bits per heavy atom. The number of rotatable bonds is 2. The van der Waals surface area contributed by atoms with Crippen LogP contribution in [0.3, 0.4) is 0 Å². The van der Waals surface area contributed by atoms with Crippen LogP contribution in [0.25, 0.3) is 0 Å². The molecule has 1 fully saturated rings. The molecule has 5 heteroatoms. The summed E-state index contributed by atoms with van der Waals surface area (Å²) in [4.78, 5) is 13.7. The van der Waals surface area contributed by atoms with Crippen molar-refractivity contribution in [2.75, 3.05) is 0 Å². The van der Waals surface area contributed by atoms with Gasteiger partial charge in [-0.1, -0.05) is 6.92 Å². The fourth-order valence-electron chi connectivity index (χ4n) is 1.36. The lowest BCUT2D eigenvalue weighted by atomic mass is 10.2. The quantitative estimate of drug-likeness (QED) is 0.748. The number of carbonyl (C=O) groups excluding carboxylic acids is 1. The van der Waals surface area contributed by atoms with E-state index in [0.29, 0.717) is 5.11 Å². The van der Waals surface area contributed by atoms with E-state index in [4.69, 9.17) is 12.2 Å². The van der Waals surface area contributed by atoms with Crippen LogP contribution in [0.15, 0.2) is 12.1 Å². The lowest BCUT2D eigenvalue weighted by molar-refractivity contribution is -0.120. The first kappa shape index (κ1) is 9.61. The maximum absolute atomic E-state index is 11.4. The molecule has 1 atom stereocenters. The van der Waals surface area contributed by atoms with E-state index in [1.807, 2.05) is 6.07 Å². The van der Waals surface area contributed by atoms with Crippen molar-refractivity contribution in [1.82, 2.24) is 10.6 Å². The monoisotopic (exact) mass is 226 g/mol. The van der Waals surface area contributed by atoms with Crippen molar-refractivity contribution in [2.45, 2.75) is 19.4 Å². The van der Waals surface area contributed by atoms with Crippen LogP contribution in [0, 0.1) is 0 Å². The van der Waals surface area contributed by atoms with Crippen molar-refractivity contribution >= 4 is 34.6 Å². The van der Waals surface area contributed by atoms with Crippen LogP contribution in [0.5, 0.6) is 0 Å². The molecule has 1 unspecified atom stereocenters. The van der Waals surface area contributed by atoms with Crippen molar-refractivity contribution in [3.05, 3.63) is 21.9 Å². The van der Waals surface area contributed by atoms with Gasteiger partial charge >= 0.3 is 0 Å². The van der Waals surface area contributed by atoms with Gasteiger partial charge < -0.3 is 10.6 Å². The highest BCUT2D eigenvalue weighted by atomic mass is 32.1. The summed E-state index contributed by atoms with van der Waals surface area (Å²) in [5.74, 6) is -0.0560. The van der Waals surface area contributed by atoms with Crippen LogP contribution in [0.1, 0.15) is 22.7 Å². The van der Waals surface area contributed by atoms with E-state index < -0.39 is 0 Å². The minimum absolute atomic E-state index is 0.0560. The molecule has 3 nitrogen and oxygen atoms in total. The fourth-order valence-corrected chi connectivity index (χ4v) is 2.58. The molecule has 2 heterocycles. The Balaban J connectivity index is 2.22. The van der Waals surface area contributed by atoms with Gasteiger partial charge in [-0.3, -0.25) is 4.79 Å². The summed E-state index contributed by atoms with van der Waals surface area (Å²) in [6, 6.07) is 3.75. The average molecular weight is 226 g/mol. The van der Waals surface area contributed by atoms with Gasteiger partial charge in [0.05, 0.1) is 0 Å². The molecule has 0 radical (unpaired) electrons. The van der Waals surface area contributed by atoms with Crippen molar-refractivity contribution in [2.24, 2.45) is 0 Å². The molecule has 14 heavy (non-hydrogen) atoms. The van der Waals surface area contributed by atoms with Gasteiger partial charge in [0, 0.05) is 9.75 Å². The molecule has 1 amide bonds. The summed E-state index contributed by atoms with van der Waals surface area (Å²) in [5.41, 5.74) is 0. The molecule has 1 aromatic rings. The topological polar surface area (TPSA) is 41.1 Å². The van der Waals surface area contributed by atoms with Gasteiger partial charge in [0.25, 0.3) is 5.91 Å². The van der Waals surface area contributed by atoms with Gasteiger partial charge in [0.1, 0.15) is 6.04 Å². The predicted octanol–water partition coefficient (Wildman–Crippen LogP) is 1.36. The zero-order valence-electron chi connectivity index (χ0n) is 7.66. The van der Waals surface area contributed by atoms with E-state index in [-0.39, 0.29) is 11.9 Å². The lowest BCUT2D eigenvalue weighted by Gasteiger charge is -2.03. The van der Waals surface area contributed by atoms with Crippen LogP contribution >= 0.6 is 23.6 Å². The largest absolute Gasteiger partial charge is 0.346 e. The number of carbonyl (C=O) groups is 1. The van der Waals surface area contributed by atoms with E-state index >= 15 is 0 Å². The lowest BCUT2D eigenvalue weighted by Crippen LogP contribution is -2.21. The maximum Gasteiger partial charge on any atom is 0.254 e. The highest BCUT2D eigenvalue weighted by Gasteiger charge is 2.29. The van der Waals surface area contributed by atoms with Gasteiger partial charge in [0.2, 0.25) is 0 Å². The van der Waals surface area contributed by atoms with E-state index in [0.717, 1.165) is 11.3 Å². The summed E-state index contributed by atoms with van der Waals surface area (Å²) in [6.45, 7) is 2.10. The Morgan fingerprint density at radius 3 is 2.86 bits per heavy atom. The summed E-state index contributed by atoms with van der Waals surface area (Å²) in [7, 11) is 0. The first-order valence-electron chi connectivity index (χ1n) is 4.40. The Hall–Kier alpha value is -0.940. The van der Waals surface area contributed by atoms with Crippen LogP contribution in [0.4, 0.5) is 0 Å². The zero-order chi connectivity index (χ0) is 10.1. The molecule has 2 N–H and O–H groups in total. The molecule has 2 rings (SSSR count). The number of thiocarbonyl (C=S) groups is 1. The third kappa shape index (κ3) is 1.65. The maximum atomic E-state index is 11.4. The minimum Gasteiger partial charge on any atom is -0.346 e. The third-order valence-corrected chi connectivity index (χ3v) is 3.60. The predicted molar refractivity (Wildman–Crippen MR) is 60.3 cm³/mol. The van der Waals surface area contributed by atoms with Crippen molar-refractivity contribution in [3.8, 4) is 0 Å². The molecule has 0 bridgehead atoms. The van der Waals surface area contributed by atoms with Crippen molar-refractivity contribution in [1.29, 1.82) is 0 Å². The molecule has 0 spiro atoms. The van der Waals surface area contributed by atoms with E-state index in [9.17, 15) is 4.79 Å². The third-order valence-electron chi connectivity index (χ3n) is 2.09. The molecule has 1 aromatic heterocycles. The van der Waals surface area contributed by atoms with Crippen molar-refractivity contribution in [3.63, 3.8) is 0 Å². The second-order valence-corrected chi connectivity index (χ2v) is 4.66. The standard InChI is InChI=1S/C9H10N2OS2/c1-2-5-3-4-6(14-5)7-8(12)11-9(13)10-7/h3-4,7H,2H2,1H3,(H2,10,11,12,13). The number of amides is 1. The highest BCUT2D eigenvalue weighted by Crippen LogP contribution is 2.25. The van der Waals surface area contributed by atoms with Gasteiger partial charge in [0.15, 0.2) is 5.11 Å². The summed E-state index contributed by atoms with van der Waals surface area (Å²) < 4.78 is 0. The molecule has 0 saturated carbocycles. The first-order valence-corrected chi connectivity index (χ1v) is 5.63. The number of aryl methyl sites for hydroxylation is 1. The molecule has 1 saturated heterocycles. The smallest absolute Gasteiger partial charge is 0.254 e. The molecular weight excluding hydrogens is 216 g/mol. The highest BCUT2D eigenvalue weighted by molar-refractivity contribution is 7.80. The molecular formula is C9H10N2OS2. The SMILES string of the molecule is CCc1ccc(C2NC(=S)NC2=O)s1. The Bertz CT molecular complexity index is 386. The number of hydrogen-bond acceptors (Lipinski definition) is 3. The van der Waals surface area contributed by atoms with E-state index in [1.54, 1.807) is 11.3 Å². The summed E-state index contributed by atoms with van der Waals surface area (Å²) in [6.07, 6.45) is 1.00. The second kappa shape index (κ2) is 3.67. The van der Waals surface area contributed by atoms with Crippen molar-refractivity contribution < 1.29 is 4.79 Å². The average Bonchev–Trinajstić information content (AvgIpc) is 2.71. The minimum atomic E-state index is -0.284. The van der Waals surface area contributed by atoms with Gasteiger partial charge in [-0.15, -0.1) is 11.3 Å². The molecule has 74 valence electrons. The Morgan fingerprint density at radius 2 is 2.36 bits per heavy atom. The Labute approximate surface area is 91.5 Å². The normalized spacial score (nSPS) is 20.8. The first-order chi connectivity index (χ1) is 6.70. The fraction of sp³-hybridized carbons (Fsp3) is 0.333. The summed E-state index contributed by atoms with van der Waals surface area (Å²) >= 11 is 6.52. The Kier molecular flexibility index (Phi) is 2.52. The number of hydrogen-bond donors (Lipinski definition) is 2. The zero-order valence-corrected chi connectivity index (χ0v) is 9.30.